The van der Waals surface area contributed by atoms with E-state index in [2.05, 4.69) is 0 Å². The Morgan fingerprint density at radius 2 is 1.63 bits per heavy atom. The summed E-state index contributed by atoms with van der Waals surface area (Å²) in [6, 6.07) is 13.8. The van der Waals surface area contributed by atoms with E-state index in [1.165, 1.54) is 42.5 Å². The lowest BCUT2D eigenvalue weighted by Crippen LogP contribution is -2.15. The summed E-state index contributed by atoms with van der Waals surface area (Å²) in [5.41, 5.74) is -0.451. The third-order valence-corrected chi connectivity index (χ3v) is 5.74. The molecule has 0 aliphatic rings. The quantitative estimate of drug-likeness (QED) is 0.198. The average Bonchev–Trinajstić information content (AvgIpc) is 2.82. The van der Waals surface area contributed by atoms with Crippen molar-refractivity contribution in [2.75, 3.05) is 0 Å². The van der Waals surface area contributed by atoms with Crippen LogP contribution in [-0.4, -0.2) is 5.97 Å². The Morgan fingerprint density at radius 1 is 0.943 bits per heavy atom. The van der Waals surface area contributed by atoms with Crippen LogP contribution in [0.25, 0.3) is 11.0 Å². The standard InChI is InChI=1S/C25H15Cl2F3O5/c1-2-13-3-6-15(7-4-13)33-22-21(31)17-9-8-16(12-20(17)35-23(22)25(28,29)30)34-24(32)14-5-10-18(26)19(27)11-14/h3-12H,2H2,1H3. The van der Waals surface area contributed by atoms with E-state index in [4.69, 9.17) is 37.1 Å². The molecule has 0 bridgehead atoms. The molecule has 4 rings (SSSR count). The summed E-state index contributed by atoms with van der Waals surface area (Å²) in [6.07, 6.45) is -4.30. The van der Waals surface area contributed by atoms with Crippen molar-refractivity contribution in [3.63, 3.8) is 0 Å². The third-order valence-electron chi connectivity index (χ3n) is 5.00. The number of hydrogen-bond acceptors (Lipinski definition) is 5. The molecule has 0 spiro atoms. The number of hydrogen-bond donors (Lipinski definition) is 0. The number of carbonyl (C=O) groups excluding carboxylic acids is 1. The Bertz CT molecular complexity index is 1480. The molecule has 1 aromatic heterocycles. The van der Waals surface area contributed by atoms with Crippen molar-refractivity contribution in [3.05, 3.63) is 97.8 Å². The van der Waals surface area contributed by atoms with Crippen LogP contribution in [0.5, 0.6) is 17.2 Å². The summed E-state index contributed by atoms with van der Waals surface area (Å²) >= 11 is 11.7. The van der Waals surface area contributed by atoms with Crippen LogP contribution in [0.1, 0.15) is 28.6 Å². The molecule has 0 fully saturated rings. The fourth-order valence-electron chi connectivity index (χ4n) is 3.20. The van der Waals surface area contributed by atoms with Gasteiger partial charge >= 0.3 is 12.1 Å². The van der Waals surface area contributed by atoms with Crippen LogP contribution in [0.2, 0.25) is 10.0 Å². The Kier molecular flexibility index (Phi) is 6.78. The Morgan fingerprint density at radius 3 is 2.26 bits per heavy atom. The molecule has 0 amide bonds. The van der Waals surface area contributed by atoms with Gasteiger partial charge in [-0.1, -0.05) is 42.3 Å². The maximum Gasteiger partial charge on any atom is 0.453 e. The zero-order valence-electron chi connectivity index (χ0n) is 17.9. The van der Waals surface area contributed by atoms with Crippen molar-refractivity contribution in [2.45, 2.75) is 19.5 Å². The second-order valence-electron chi connectivity index (χ2n) is 7.36. The highest BCUT2D eigenvalue weighted by molar-refractivity contribution is 6.42. The molecule has 0 N–H and O–H groups in total. The van der Waals surface area contributed by atoms with E-state index >= 15 is 0 Å². The fraction of sp³-hybridized carbons (Fsp3) is 0.120. The van der Waals surface area contributed by atoms with Gasteiger partial charge in [-0.15, -0.1) is 0 Å². The van der Waals surface area contributed by atoms with Gasteiger partial charge in [-0.3, -0.25) is 4.79 Å². The van der Waals surface area contributed by atoms with Gasteiger partial charge in [0.05, 0.1) is 21.0 Å². The molecule has 10 heteroatoms. The van der Waals surface area contributed by atoms with Gasteiger partial charge in [-0.05, 0) is 54.4 Å². The van der Waals surface area contributed by atoms with E-state index in [1.807, 2.05) is 6.92 Å². The molecule has 5 nitrogen and oxygen atoms in total. The van der Waals surface area contributed by atoms with Gasteiger partial charge < -0.3 is 13.9 Å². The minimum Gasteiger partial charge on any atom is -0.449 e. The van der Waals surface area contributed by atoms with Crippen molar-refractivity contribution in [1.29, 1.82) is 0 Å². The highest BCUT2D eigenvalue weighted by atomic mass is 35.5. The Balaban J connectivity index is 1.72. The number of rotatable bonds is 5. The van der Waals surface area contributed by atoms with Crippen LogP contribution >= 0.6 is 23.2 Å². The van der Waals surface area contributed by atoms with Gasteiger partial charge in [-0.25, -0.2) is 4.79 Å². The van der Waals surface area contributed by atoms with Crippen LogP contribution in [0.3, 0.4) is 0 Å². The monoisotopic (exact) mass is 522 g/mol. The summed E-state index contributed by atoms with van der Waals surface area (Å²) in [6.45, 7) is 1.92. The van der Waals surface area contributed by atoms with Crippen molar-refractivity contribution < 1.29 is 31.9 Å². The Labute approximate surface area is 206 Å². The summed E-state index contributed by atoms with van der Waals surface area (Å²) < 4.78 is 56.8. The molecule has 1 heterocycles. The minimum atomic E-state index is -5.03. The van der Waals surface area contributed by atoms with Crippen LogP contribution in [0.4, 0.5) is 13.2 Å². The predicted octanol–water partition coefficient (Wildman–Crippen LogP) is 7.69. The maximum atomic E-state index is 13.8. The molecule has 0 saturated heterocycles. The summed E-state index contributed by atoms with van der Waals surface area (Å²) in [5, 5.41) is 0.166. The van der Waals surface area contributed by atoms with Crippen LogP contribution in [0.15, 0.2) is 69.9 Å². The minimum absolute atomic E-state index is 0.0477. The lowest BCUT2D eigenvalue weighted by atomic mass is 10.1. The van der Waals surface area contributed by atoms with Gasteiger partial charge in [0.15, 0.2) is 0 Å². The fourth-order valence-corrected chi connectivity index (χ4v) is 3.50. The third kappa shape index (κ3) is 5.28. The molecule has 0 radical (unpaired) electrons. The summed E-state index contributed by atoms with van der Waals surface area (Å²) in [5.74, 6) is -3.53. The van der Waals surface area contributed by atoms with Crippen LogP contribution < -0.4 is 14.9 Å². The van der Waals surface area contributed by atoms with E-state index in [0.717, 1.165) is 18.1 Å². The molecule has 0 saturated carbocycles. The number of alkyl halides is 3. The van der Waals surface area contributed by atoms with E-state index in [-0.39, 0.29) is 32.5 Å². The number of esters is 1. The molecule has 3 aromatic carbocycles. The van der Waals surface area contributed by atoms with Gasteiger partial charge in [0.1, 0.15) is 17.1 Å². The van der Waals surface area contributed by atoms with Crippen molar-refractivity contribution in [1.82, 2.24) is 0 Å². The molecule has 0 atom stereocenters. The number of carbonyl (C=O) groups is 1. The normalized spacial score (nSPS) is 11.5. The lowest BCUT2D eigenvalue weighted by Gasteiger charge is -2.14. The molecule has 0 aliphatic heterocycles. The number of ether oxygens (including phenoxy) is 2. The topological polar surface area (TPSA) is 65.7 Å². The number of halogens is 5. The lowest BCUT2D eigenvalue weighted by molar-refractivity contribution is -0.154. The van der Waals surface area contributed by atoms with Gasteiger partial charge in [0, 0.05) is 6.07 Å². The number of aryl methyl sites for hydroxylation is 1. The van der Waals surface area contributed by atoms with Gasteiger partial charge in [0.25, 0.3) is 5.76 Å². The van der Waals surface area contributed by atoms with Crippen molar-refractivity contribution >= 4 is 40.1 Å². The maximum absolute atomic E-state index is 13.8. The van der Waals surface area contributed by atoms with Gasteiger partial charge in [0.2, 0.25) is 11.2 Å². The summed E-state index contributed by atoms with van der Waals surface area (Å²) in [7, 11) is 0. The zero-order chi connectivity index (χ0) is 25.3. The molecule has 0 unspecified atom stereocenters. The van der Waals surface area contributed by atoms with Crippen molar-refractivity contribution in [3.8, 4) is 17.2 Å². The van der Waals surface area contributed by atoms with Crippen LogP contribution in [-0.2, 0) is 12.6 Å². The molecule has 0 aliphatic carbocycles. The second-order valence-corrected chi connectivity index (χ2v) is 8.18. The first kappa shape index (κ1) is 24.6. The highest BCUT2D eigenvalue weighted by Gasteiger charge is 2.40. The first-order chi connectivity index (χ1) is 16.6. The molecular formula is C25H15Cl2F3O5. The SMILES string of the molecule is CCc1ccc(Oc2c(C(F)(F)F)oc3cc(OC(=O)c4ccc(Cl)c(Cl)c4)ccc3c2=O)cc1. The van der Waals surface area contributed by atoms with E-state index in [1.54, 1.807) is 12.1 Å². The average molecular weight is 523 g/mol. The number of fused-ring (bicyclic) bond motifs is 1. The number of benzene rings is 3. The van der Waals surface area contributed by atoms with Crippen molar-refractivity contribution in [2.24, 2.45) is 0 Å². The Hall–Kier alpha value is -3.49. The molecule has 35 heavy (non-hydrogen) atoms. The van der Waals surface area contributed by atoms with E-state index in [0.29, 0.717) is 0 Å². The smallest absolute Gasteiger partial charge is 0.449 e. The zero-order valence-corrected chi connectivity index (χ0v) is 19.4. The molecular weight excluding hydrogens is 508 g/mol. The summed E-state index contributed by atoms with van der Waals surface area (Å²) in [4.78, 5) is 25.3. The molecule has 4 aromatic rings. The van der Waals surface area contributed by atoms with E-state index in [9.17, 15) is 22.8 Å². The second kappa shape index (κ2) is 9.64. The largest absolute Gasteiger partial charge is 0.453 e. The molecule has 180 valence electrons. The predicted molar refractivity (Wildman–Crippen MR) is 125 cm³/mol. The highest BCUT2D eigenvalue weighted by Crippen LogP contribution is 2.38. The van der Waals surface area contributed by atoms with Crippen LogP contribution in [0, 0.1) is 0 Å². The van der Waals surface area contributed by atoms with E-state index < -0.39 is 34.7 Å². The van der Waals surface area contributed by atoms with Gasteiger partial charge in [-0.2, -0.15) is 13.2 Å². The first-order valence-electron chi connectivity index (χ1n) is 10.2. The first-order valence-corrected chi connectivity index (χ1v) is 10.9.